The summed E-state index contributed by atoms with van der Waals surface area (Å²) < 4.78 is 12.5. The van der Waals surface area contributed by atoms with E-state index in [0.29, 0.717) is 31.5 Å². The lowest BCUT2D eigenvalue weighted by Crippen LogP contribution is -2.39. The highest BCUT2D eigenvalue weighted by atomic mass is 79.9. The van der Waals surface area contributed by atoms with Crippen LogP contribution in [0.15, 0.2) is 44.3 Å². The lowest BCUT2D eigenvalue weighted by molar-refractivity contribution is 0.322. The van der Waals surface area contributed by atoms with Gasteiger partial charge in [-0.15, -0.1) is 0 Å². The number of nitrogens with zero attached hydrogens (tertiary/aromatic N) is 2. The largest absolute Gasteiger partial charge is 0.492 e. The van der Waals surface area contributed by atoms with E-state index in [9.17, 15) is 0 Å². The van der Waals surface area contributed by atoms with Crippen LogP contribution >= 0.6 is 15.9 Å². The van der Waals surface area contributed by atoms with Crippen molar-refractivity contribution in [3.05, 3.63) is 46.6 Å². The van der Waals surface area contributed by atoms with Crippen LogP contribution < -0.4 is 15.4 Å². The lowest BCUT2D eigenvalue weighted by atomic mass is 9.94. The summed E-state index contributed by atoms with van der Waals surface area (Å²) in [4.78, 5) is 8.81. The summed E-state index contributed by atoms with van der Waals surface area (Å²) in [7, 11) is 0. The minimum absolute atomic E-state index is 0.0535. The highest BCUT2D eigenvalue weighted by molar-refractivity contribution is 9.10. The molecular weight excluding hydrogens is 396 g/mol. The van der Waals surface area contributed by atoms with Crippen molar-refractivity contribution in [1.29, 1.82) is 0 Å². The van der Waals surface area contributed by atoms with E-state index in [0.717, 1.165) is 22.5 Å². The molecule has 2 rings (SSSR count). The molecule has 0 saturated carbocycles. The van der Waals surface area contributed by atoms with Crippen LogP contribution in [-0.2, 0) is 12.0 Å². The molecule has 0 fully saturated rings. The Balaban J connectivity index is 1.82. The molecule has 1 aromatic heterocycles. The van der Waals surface area contributed by atoms with E-state index >= 15 is 0 Å². The van der Waals surface area contributed by atoms with Crippen molar-refractivity contribution in [2.45, 2.75) is 39.7 Å². The van der Waals surface area contributed by atoms with Gasteiger partial charge in [-0.05, 0) is 31.2 Å². The van der Waals surface area contributed by atoms with Gasteiger partial charge in [-0.2, -0.15) is 0 Å². The normalized spacial score (nSPS) is 12.1. The van der Waals surface area contributed by atoms with Gasteiger partial charge in [0.2, 0.25) is 5.89 Å². The quantitative estimate of drug-likeness (QED) is 0.402. The Morgan fingerprint density at radius 1 is 1.23 bits per heavy atom. The molecule has 0 aliphatic rings. The molecule has 7 heteroatoms. The summed E-state index contributed by atoms with van der Waals surface area (Å²) in [5.74, 6) is 3.02. The molecule has 0 aliphatic carbocycles. The van der Waals surface area contributed by atoms with Crippen LogP contribution in [0.1, 0.15) is 39.3 Å². The van der Waals surface area contributed by atoms with Gasteiger partial charge in [0.05, 0.1) is 12.7 Å². The fraction of sp³-hybridized carbons (Fsp3) is 0.474. The summed E-state index contributed by atoms with van der Waals surface area (Å²) >= 11 is 3.41. The SMILES string of the molecule is CCNC(=NCc1ncc(C(C)(C)C)o1)NCCOc1ccc(Br)cc1. The van der Waals surface area contributed by atoms with E-state index < -0.39 is 0 Å². The Morgan fingerprint density at radius 3 is 2.58 bits per heavy atom. The number of oxazole rings is 1. The minimum atomic E-state index is -0.0535. The number of benzene rings is 1. The summed E-state index contributed by atoms with van der Waals surface area (Å²) in [5, 5.41) is 6.45. The summed E-state index contributed by atoms with van der Waals surface area (Å²) in [6.07, 6.45) is 1.78. The second kappa shape index (κ2) is 9.62. The zero-order chi connectivity index (χ0) is 19.0. The lowest BCUT2D eigenvalue weighted by Gasteiger charge is -2.13. The van der Waals surface area contributed by atoms with Crippen molar-refractivity contribution in [1.82, 2.24) is 15.6 Å². The number of aromatic nitrogens is 1. The second-order valence-electron chi connectivity index (χ2n) is 6.79. The number of nitrogens with one attached hydrogen (secondary N) is 2. The Labute approximate surface area is 163 Å². The zero-order valence-corrected chi connectivity index (χ0v) is 17.4. The van der Waals surface area contributed by atoms with E-state index in [1.165, 1.54) is 0 Å². The molecule has 0 saturated heterocycles. The number of rotatable bonds is 7. The van der Waals surface area contributed by atoms with Crippen LogP contribution in [-0.4, -0.2) is 30.6 Å². The monoisotopic (exact) mass is 422 g/mol. The van der Waals surface area contributed by atoms with Crippen LogP contribution in [0.2, 0.25) is 0 Å². The molecule has 2 aromatic rings. The van der Waals surface area contributed by atoms with Crippen molar-refractivity contribution < 1.29 is 9.15 Å². The Bertz CT molecular complexity index is 705. The number of halogens is 1. The molecule has 0 spiro atoms. The van der Waals surface area contributed by atoms with Gasteiger partial charge in [0.25, 0.3) is 0 Å². The molecule has 0 bridgehead atoms. The molecule has 0 unspecified atom stereocenters. The molecule has 0 atom stereocenters. The first kappa shape index (κ1) is 20.3. The third-order valence-corrected chi connectivity index (χ3v) is 4.01. The molecule has 1 aromatic carbocycles. The van der Waals surface area contributed by atoms with Gasteiger partial charge < -0.3 is 19.8 Å². The average molecular weight is 423 g/mol. The number of ether oxygens (including phenoxy) is 1. The van der Waals surface area contributed by atoms with Gasteiger partial charge in [0.1, 0.15) is 24.7 Å². The third kappa shape index (κ3) is 6.71. The van der Waals surface area contributed by atoms with Crippen molar-refractivity contribution in [2.75, 3.05) is 19.7 Å². The topological polar surface area (TPSA) is 71.7 Å². The molecule has 142 valence electrons. The van der Waals surface area contributed by atoms with Crippen molar-refractivity contribution >= 4 is 21.9 Å². The van der Waals surface area contributed by atoms with Crippen LogP contribution in [0.25, 0.3) is 0 Å². The minimum Gasteiger partial charge on any atom is -0.492 e. The van der Waals surface area contributed by atoms with Gasteiger partial charge >= 0.3 is 0 Å². The molecule has 0 aliphatic heterocycles. The number of hydrogen-bond donors (Lipinski definition) is 2. The summed E-state index contributed by atoms with van der Waals surface area (Å²) in [5.41, 5.74) is -0.0535. The van der Waals surface area contributed by atoms with Crippen LogP contribution in [0, 0.1) is 0 Å². The van der Waals surface area contributed by atoms with E-state index in [1.54, 1.807) is 6.20 Å². The molecule has 26 heavy (non-hydrogen) atoms. The summed E-state index contributed by atoms with van der Waals surface area (Å²) in [6, 6.07) is 7.77. The van der Waals surface area contributed by atoms with Crippen molar-refractivity contribution in [2.24, 2.45) is 4.99 Å². The fourth-order valence-corrected chi connectivity index (χ4v) is 2.35. The van der Waals surface area contributed by atoms with E-state index in [-0.39, 0.29) is 5.41 Å². The Hall–Kier alpha value is -2.02. The third-order valence-electron chi connectivity index (χ3n) is 3.49. The maximum Gasteiger partial charge on any atom is 0.216 e. The van der Waals surface area contributed by atoms with Gasteiger partial charge in [-0.1, -0.05) is 36.7 Å². The molecule has 0 amide bonds. The standard InChI is InChI=1S/C19H27BrN4O2/c1-5-21-18(22-10-11-25-15-8-6-14(20)7-9-15)24-13-17-23-12-16(26-17)19(2,3)4/h6-9,12H,5,10-11,13H2,1-4H3,(H2,21,22,24). The van der Waals surface area contributed by atoms with Crippen molar-refractivity contribution in [3.63, 3.8) is 0 Å². The molecule has 2 N–H and O–H groups in total. The fourth-order valence-electron chi connectivity index (χ4n) is 2.09. The van der Waals surface area contributed by atoms with E-state index in [1.807, 2.05) is 31.2 Å². The molecule has 1 heterocycles. The number of aliphatic imine (C=N–C) groups is 1. The van der Waals surface area contributed by atoms with Crippen LogP contribution in [0.4, 0.5) is 0 Å². The molecule has 0 radical (unpaired) electrons. The number of guanidine groups is 1. The van der Waals surface area contributed by atoms with E-state index in [2.05, 4.69) is 57.3 Å². The predicted molar refractivity (Wildman–Crippen MR) is 108 cm³/mol. The predicted octanol–water partition coefficient (Wildman–Crippen LogP) is 3.87. The number of hydrogen-bond acceptors (Lipinski definition) is 4. The van der Waals surface area contributed by atoms with Gasteiger partial charge in [0.15, 0.2) is 5.96 Å². The van der Waals surface area contributed by atoms with Gasteiger partial charge in [-0.25, -0.2) is 9.98 Å². The van der Waals surface area contributed by atoms with Crippen LogP contribution in [0.5, 0.6) is 5.75 Å². The summed E-state index contributed by atoms with van der Waals surface area (Å²) in [6.45, 7) is 10.7. The zero-order valence-electron chi connectivity index (χ0n) is 15.8. The highest BCUT2D eigenvalue weighted by Crippen LogP contribution is 2.22. The first-order valence-electron chi connectivity index (χ1n) is 8.74. The second-order valence-corrected chi connectivity index (χ2v) is 7.71. The first-order valence-corrected chi connectivity index (χ1v) is 9.53. The first-order chi connectivity index (χ1) is 12.4. The van der Waals surface area contributed by atoms with Gasteiger partial charge in [0, 0.05) is 16.4 Å². The maximum absolute atomic E-state index is 5.77. The maximum atomic E-state index is 5.77. The smallest absolute Gasteiger partial charge is 0.216 e. The van der Waals surface area contributed by atoms with Crippen LogP contribution in [0.3, 0.4) is 0 Å². The molecule has 6 nitrogen and oxygen atoms in total. The van der Waals surface area contributed by atoms with Crippen molar-refractivity contribution in [3.8, 4) is 5.75 Å². The van der Waals surface area contributed by atoms with Gasteiger partial charge in [-0.3, -0.25) is 0 Å². The van der Waals surface area contributed by atoms with E-state index in [4.69, 9.17) is 9.15 Å². The average Bonchev–Trinajstić information content (AvgIpc) is 3.07. The molecular formula is C19H27BrN4O2. The highest BCUT2D eigenvalue weighted by Gasteiger charge is 2.18. The Kier molecular flexibility index (Phi) is 7.50. The Morgan fingerprint density at radius 2 is 1.96 bits per heavy atom.